The molecule has 1 aromatic rings. The molecule has 0 aromatic heterocycles. The minimum absolute atomic E-state index is 0.109. The van der Waals surface area contributed by atoms with Crippen molar-refractivity contribution in [2.75, 3.05) is 6.54 Å². The SMILES string of the molecule is NC1CNNC1C(=O)NCc1cccc(Cl)c1. The van der Waals surface area contributed by atoms with Crippen molar-refractivity contribution in [2.24, 2.45) is 5.73 Å². The molecule has 1 fully saturated rings. The molecule has 1 aromatic carbocycles. The Bertz CT molecular complexity index is 412. The second-order valence-electron chi connectivity index (χ2n) is 4.01. The Kier molecular flexibility index (Phi) is 3.96. The maximum atomic E-state index is 11.8. The van der Waals surface area contributed by atoms with Gasteiger partial charge in [-0.2, -0.15) is 0 Å². The third-order valence-electron chi connectivity index (χ3n) is 2.66. The number of halogens is 1. The van der Waals surface area contributed by atoms with Crippen LogP contribution in [0.2, 0.25) is 5.02 Å². The van der Waals surface area contributed by atoms with Crippen molar-refractivity contribution < 1.29 is 4.79 Å². The van der Waals surface area contributed by atoms with Crippen molar-refractivity contribution in [1.29, 1.82) is 0 Å². The van der Waals surface area contributed by atoms with Gasteiger partial charge in [-0.3, -0.25) is 10.2 Å². The summed E-state index contributed by atoms with van der Waals surface area (Å²) in [5.41, 5.74) is 12.4. The fourth-order valence-corrected chi connectivity index (χ4v) is 1.93. The molecule has 17 heavy (non-hydrogen) atoms. The molecule has 1 saturated heterocycles. The van der Waals surface area contributed by atoms with Crippen LogP contribution in [0.3, 0.4) is 0 Å². The fourth-order valence-electron chi connectivity index (χ4n) is 1.72. The molecule has 2 atom stereocenters. The predicted molar refractivity (Wildman–Crippen MR) is 66.2 cm³/mol. The van der Waals surface area contributed by atoms with Gasteiger partial charge in [0.2, 0.25) is 5.91 Å². The van der Waals surface area contributed by atoms with Gasteiger partial charge in [-0.1, -0.05) is 23.7 Å². The van der Waals surface area contributed by atoms with Gasteiger partial charge < -0.3 is 11.1 Å². The van der Waals surface area contributed by atoms with Crippen LogP contribution in [0.5, 0.6) is 0 Å². The average Bonchev–Trinajstić information content (AvgIpc) is 2.72. The largest absolute Gasteiger partial charge is 0.351 e. The first-order valence-electron chi connectivity index (χ1n) is 5.43. The van der Waals surface area contributed by atoms with E-state index in [1.54, 1.807) is 6.07 Å². The number of benzene rings is 1. The molecule has 6 heteroatoms. The Balaban J connectivity index is 1.88. The van der Waals surface area contributed by atoms with Crippen molar-refractivity contribution in [3.8, 4) is 0 Å². The van der Waals surface area contributed by atoms with Crippen molar-refractivity contribution in [2.45, 2.75) is 18.6 Å². The lowest BCUT2D eigenvalue weighted by atomic mass is 10.1. The standard InChI is InChI=1S/C11H15ClN4O/c12-8-3-1-2-7(4-8)5-14-11(17)10-9(13)6-15-16-10/h1-4,9-10,15-16H,5-6,13H2,(H,14,17). The molecule has 0 radical (unpaired) electrons. The number of hydrazine groups is 1. The molecule has 0 saturated carbocycles. The van der Waals surface area contributed by atoms with Crippen LogP contribution in [-0.2, 0) is 11.3 Å². The lowest BCUT2D eigenvalue weighted by molar-refractivity contribution is -0.123. The maximum absolute atomic E-state index is 11.8. The highest BCUT2D eigenvalue weighted by atomic mass is 35.5. The highest BCUT2D eigenvalue weighted by Crippen LogP contribution is 2.10. The second-order valence-corrected chi connectivity index (χ2v) is 4.45. The Hall–Kier alpha value is -1.14. The van der Waals surface area contributed by atoms with Crippen molar-refractivity contribution in [1.82, 2.24) is 16.2 Å². The van der Waals surface area contributed by atoms with E-state index in [9.17, 15) is 4.79 Å². The highest BCUT2D eigenvalue weighted by Gasteiger charge is 2.29. The number of amides is 1. The number of hydrogen-bond donors (Lipinski definition) is 4. The normalized spacial score (nSPS) is 23.6. The first kappa shape index (κ1) is 12.3. The fraction of sp³-hybridized carbons (Fsp3) is 0.364. The number of carbonyl (C=O) groups is 1. The number of nitrogens with two attached hydrogens (primary N) is 1. The first-order valence-corrected chi connectivity index (χ1v) is 5.81. The van der Waals surface area contributed by atoms with Crippen LogP contribution in [0, 0.1) is 0 Å². The van der Waals surface area contributed by atoms with E-state index < -0.39 is 0 Å². The summed E-state index contributed by atoms with van der Waals surface area (Å²) >= 11 is 5.86. The molecule has 2 unspecified atom stereocenters. The Morgan fingerprint density at radius 1 is 1.59 bits per heavy atom. The van der Waals surface area contributed by atoms with Crippen LogP contribution in [0.4, 0.5) is 0 Å². The monoisotopic (exact) mass is 254 g/mol. The quantitative estimate of drug-likeness (QED) is 0.600. The van der Waals surface area contributed by atoms with Crippen LogP contribution in [0.25, 0.3) is 0 Å². The molecule has 1 heterocycles. The Morgan fingerprint density at radius 2 is 2.41 bits per heavy atom. The summed E-state index contributed by atoms with van der Waals surface area (Å²) in [5.74, 6) is -0.109. The summed E-state index contributed by atoms with van der Waals surface area (Å²) in [7, 11) is 0. The molecule has 5 nitrogen and oxygen atoms in total. The summed E-state index contributed by atoms with van der Waals surface area (Å²) in [6.07, 6.45) is 0. The third-order valence-corrected chi connectivity index (χ3v) is 2.90. The van der Waals surface area contributed by atoms with Crippen molar-refractivity contribution >= 4 is 17.5 Å². The van der Waals surface area contributed by atoms with Crippen LogP contribution < -0.4 is 21.9 Å². The van der Waals surface area contributed by atoms with Crippen molar-refractivity contribution in [3.63, 3.8) is 0 Å². The molecule has 0 bridgehead atoms. The van der Waals surface area contributed by atoms with Gasteiger partial charge in [0.15, 0.2) is 0 Å². The van der Waals surface area contributed by atoms with Crippen molar-refractivity contribution in [3.05, 3.63) is 34.9 Å². The number of carbonyl (C=O) groups excluding carboxylic acids is 1. The van der Waals surface area contributed by atoms with Gasteiger partial charge in [-0.15, -0.1) is 0 Å². The lowest BCUT2D eigenvalue weighted by Crippen LogP contribution is -2.49. The van der Waals surface area contributed by atoms with Gasteiger partial charge in [0.05, 0.1) is 0 Å². The van der Waals surface area contributed by atoms with Crippen LogP contribution in [-0.4, -0.2) is 24.5 Å². The second kappa shape index (κ2) is 5.46. The van der Waals surface area contributed by atoms with Gasteiger partial charge in [0, 0.05) is 24.2 Å². The zero-order valence-electron chi connectivity index (χ0n) is 9.24. The van der Waals surface area contributed by atoms with E-state index in [0.717, 1.165) is 5.56 Å². The van der Waals surface area contributed by atoms with E-state index in [4.69, 9.17) is 17.3 Å². The molecule has 1 aliphatic heterocycles. The van der Waals surface area contributed by atoms with E-state index in [1.807, 2.05) is 18.2 Å². The highest BCUT2D eigenvalue weighted by molar-refractivity contribution is 6.30. The summed E-state index contributed by atoms with van der Waals surface area (Å²) in [6, 6.07) is 6.80. The molecule has 0 aliphatic carbocycles. The van der Waals surface area contributed by atoms with E-state index in [0.29, 0.717) is 18.1 Å². The van der Waals surface area contributed by atoms with E-state index in [-0.39, 0.29) is 18.0 Å². The molecule has 1 aliphatic rings. The van der Waals surface area contributed by atoms with Gasteiger partial charge >= 0.3 is 0 Å². The summed E-state index contributed by atoms with van der Waals surface area (Å²) in [4.78, 5) is 11.8. The lowest BCUT2D eigenvalue weighted by Gasteiger charge is -2.14. The molecule has 5 N–H and O–H groups in total. The topological polar surface area (TPSA) is 79.2 Å². The summed E-state index contributed by atoms with van der Waals surface area (Å²) in [6.45, 7) is 1.04. The first-order chi connectivity index (χ1) is 8.16. The summed E-state index contributed by atoms with van der Waals surface area (Å²) in [5, 5.41) is 3.48. The minimum Gasteiger partial charge on any atom is -0.351 e. The van der Waals surface area contributed by atoms with Crippen LogP contribution >= 0.6 is 11.6 Å². The Labute approximate surface area is 105 Å². The predicted octanol–water partition coefficient (Wildman–Crippen LogP) is -0.240. The average molecular weight is 255 g/mol. The van der Waals surface area contributed by atoms with Gasteiger partial charge in [0.1, 0.15) is 6.04 Å². The van der Waals surface area contributed by atoms with Gasteiger partial charge in [-0.25, -0.2) is 5.43 Å². The molecular weight excluding hydrogens is 240 g/mol. The number of rotatable bonds is 3. The smallest absolute Gasteiger partial charge is 0.240 e. The molecule has 2 rings (SSSR count). The number of hydrogen-bond acceptors (Lipinski definition) is 4. The maximum Gasteiger partial charge on any atom is 0.240 e. The van der Waals surface area contributed by atoms with E-state index in [1.165, 1.54) is 0 Å². The Morgan fingerprint density at radius 3 is 3.06 bits per heavy atom. The molecule has 92 valence electrons. The summed E-state index contributed by atoms with van der Waals surface area (Å²) < 4.78 is 0. The molecule has 1 amide bonds. The van der Waals surface area contributed by atoms with Gasteiger partial charge in [-0.05, 0) is 17.7 Å². The van der Waals surface area contributed by atoms with Gasteiger partial charge in [0.25, 0.3) is 0 Å². The molecular formula is C11H15ClN4O. The van der Waals surface area contributed by atoms with Crippen LogP contribution in [0.15, 0.2) is 24.3 Å². The zero-order valence-corrected chi connectivity index (χ0v) is 10.00. The van der Waals surface area contributed by atoms with E-state index in [2.05, 4.69) is 16.2 Å². The molecule has 0 spiro atoms. The zero-order chi connectivity index (χ0) is 12.3. The minimum atomic E-state index is -0.380. The van der Waals surface area contributed by atoms with Crippen LogP contribution in [0.1, 0.15) is 5.56 Å². The van der Waals surface area contributed by atoms with E-state index >= 15 is 0 Å². The number of nitrogens with one attached hydrogen (secondary N) is 3. The third kappa shape index (κ3) is 3.17.